The third-order valence-electron chi connectivity index (χ3n) is 6.29. The van der Waals surface area contributed by atoms with Crippen LogP contribution >= 0.6 is 23.4 Å². The van der Waals surface area contributed by atoms with Crippen molar-refractivity contribution in [1.29, 1.82) is 0 Å². The minimum atomic E-state index is -0.625. The lowest BCUT2D eigenvalue weighted by molar-refractivity contribution is 0.231. The van der Waals surface area contributed by atoms with Crippen molar-refractivity contribution in [2.45, 2.75) is 35.6 Å². The molecule has 1 aromatic carbocycles. The molecule has 31 heavy (non-hydrogen) atoms. The molecule has 1 aliphatic carbocycles. The molecule has 9 heteroatoms. The Hall–Kier alpha value is -2.58. The largest absolute Gasteiger partial charge is 0.382 e. The Balaban J connectivity index is 1.32. The number of hydrogen-bond donors (Lipinski definition) is 2. The van der Waals surface area contributed by atoms with Gasteiger partial charge in [-0.2, -0.15) is 4.39 Å². The molecule has 0 atom stereocenters. The Kier molecular flexibility index (Phi) is 5.14. The van der Waals surface area contributed by atoms with E-state index in [1.54, 1.807) is 6.07 Å². The van der Waals surface area contributed by atoms with E-state index in [-0.39, 0.29) is 32.9 Å². The fourth-order valence-corrected chi connectivity index (χ4v) is 5.66. The number of benzene rings is 1. The van der Waals surface area contributed by atoms with Crippen LogP contribution in [-0.4, -0.2) is 28.0 Å². The van der Waals surface area contributed by atoms with Crippen molar-refractivity contribution in [3.63, 3.8) is 0 Å². The highest BCUT2D eigenvalue weighted by Gasteiger charge is 2.40. The monoisotopic (exact) mass is 456 g/mol. The van der Waals surface area contributed by atoms with Crippen molar-refractivity contribution < 1.29 is 4.39 Å². The highest BCUT2D eigenvalue weighted by molar-refractivity contribution is 7.99. The van der Waals surface area contributed by atoms with Crippen LogP contribution in [0.3, 0.4) is 0 Å². The van der Waals surface area contributed by atoms with Crippen molar-refractivity contribution >= 4 is 40.8 Å². The van der Waals surface area contributed by atoms with Gasteiger partial charge in [-0.1, -0.05) is 47.6 Å². The summed E-state index contributed by atoms with van der Waals surface area (Å²) in [6.45, 7) is 1.47. The van der Waals surface area contributed by atoms with Gasteiger partial charge in [-0.25, -0.2) is 15.0 Å². The van der Waals surface area contributed by atoms with E-state index in [1.165, 1.54) is 17.3 Å². The molecule has 3 heterocycles. The Morgan fingerprint density at radius 3 is 2.35 bits per heavy atom. The molecule has 3 aromatic rings. The first-order valence-electron chi connectivity index (χ1n) is 10.2. The highest BCUT2D eigenvalue weighted by atomic mass is 35.5. The number of rotatable bonds is 3. The average Bonchev–Trinajstić information content (AvgIpc) is 3.12. The first-order valence-corrected chi connectivity index (χ1v) is 11.4. The minimum Gasteiger partial charge on any atom is -0.382 e. The van der Waals surface area contributed by atoms with Crippen LogP contribution in [0.1, 0.15) is 24.0 Å². The van der Waals surface area contributed by atoms with Gasteiger partial charge in [-0.05, 0) is 48.3 Å². The highest BCUT2D eigenvalue weighted by Crippen LogP contribution is 2.45. The van der Waals surface area contributed by atoms with E-state index in [4.69, 9.17) is 23.1 Å². The van der Waals surface area contributed by atoms with E-state index in [0.29, 0.717) is 4.90 Å². The van der Waals surface area contributed by atoms with Gasteiger partial charge in [0.15, 0.2) is 11.6 Å². The molecule has 0 bridgehead atoms. The summed E-state index contributed by atoms with van der Waals surface area (Å²) in [4.78, 5) is 14.9. The number of halogens is 2. The number of fused-ring (bicyclic) bond motifs is 1. The lowest BCUT2D eigenvalue weighted by atomic mass is 9.76. The zero-order chi connectivity index (χ0) is 21.6. The summed E-state index contributed by atoms with van der Waals surface area (Å²) in [5.41, 5.74) is 15.0. The van der Waals surface area contributed by atoms with E-state index in [0.717, 1.165) is 50.5 Å². The SMILES string of the molecule is Nc1nc(N2CCC3(CC2)Cc2ccccc2C3)c(F)nc1Sc1ccnc(N)c1Cl. The second kappa shape index (κ2) is 7.84. The Morgan fingerprint density at radius 1 is 1.00 bits per heavy atom. The topological polar surface area (TPSA) is 94.0 Å². The summed E-state index contributed by atoms with van der Waals surface area (Å²) in [7, 11) is 0. The van der Waals surface area contributed by atoms with E-state index < -0.39 is 5.95 Å². The predicted molar refractivity (Wildman–Crippen MR) is 122 cm³/mol. The van der Waals surface area contributed by atoms with Crippen molar-refractivity contribution in [3.05, 3.63) is 58.6 Å². The molecule has 0 saturated carbocycles. The van der Waals surface area contributed by atoms with Crippen molar-refractivity contribution in [2.24, 2.45) is 5.41 Å². The maximum Gasteiger partial charge on any atom is 0.257 e. The molecule has 2 aromatic heterocycles. The maximum atomic E-state index is 14.9. The van der Waals surface area contributed by atoms with E-state index in [2.05, 4.69) is 39.2 Å². The molecular weight excluding hydrogens is 435 g/mol. The number of hydrogen-bond acceptors (Lipinski definition) is 7. The molecule has 0 radical (unpaired) electrons. The van der Waals surface area contributed by atoms with Gasteiger partial charge >= 0.3 is 0 Å². The van der Waals surface area contributed by atoms with E-state index >= 15 is 0 Å². The predicted octanol–water partition coefficient (Wildman–Crippen LogP) is 4.37. The summed E-state index contributed by atoms with van der Waals surface area (Å²) in [5.74, 6) is -0.0407. The number of pyridine rings is 1. The summed E-state index contributed by atoms with van der Waals surface area (Å²) in [5, 5.41) is 0.547. The lowest BCUT2D eigenvalue weighted by Gasteiger charge is -2.40. The first kappa shape index (κ1) is 20.3. The third kappa shape index (κ3) is 3.78. The Bertz CT molecular complexity index is 1120. The molecule has 2 aliphatic rings. The van der Waals surface area contributed by atoms with Crippen LogP contribution in [0.4, 0.5) is 21.8 Å². The van der Waals surface area contributed by atoms with Crippen molar-refractivity contribution in [1.82, 2.24) is 15.0 Å². The van der Waals surface area contributed by atoms with Gasteiger partial charge < -0.3 is 16.4 Å². The van der Waals surface area contributed by atoms with E-state index in [1.807, 2.05) is 4.90 Å². The molecule has 1 saturated heterocycles. The molecule has 0 amide bonds. The Morgan fingerprint density at radius 2 is 1.68 bits per heavy atom. The standard InChI is InChI=1S/C22H22ClFN6S/c23-16-15(5-8-27-18(16)25)31-21-19(26)29-20(17(24)28-21)30-9-6-22(7-10-30)11-13-3-1-2-4-14(13)12-22/h1-5,8H,6-7,9-12H2,(H2,25,27)(H2,26,29). The molecule has 1 fully saturated rings. The molecular formula is C22H22ClFN6S. The summed E-state index contributed by atoms with van der Waals surface area (Å²) >= 11 is 7.31. The molecule has 5 rings (SSSR count). The van der Waals surface area contributed by atoms with Crippen LogP contribution in [0.5, 0.6) is 0 Å². The second-order valence-corrected chi connectivity index (χ2v) is 9.66. The molecule has 1 aliphatic heterocycles. The molecule has 0 unspecified atom stereocenters. The fourth-order valence-electron chi connectivity index (χ4n) is 4.62. The molecule has 160 valence electrons. The first-order chi connectivity index (χ1) is 14.9. The summed E-state index contributed by atoms with van der Waals surface area (Å²) in [6.07, 6.45) is 5.70. The number of aromatic nitrogens is 3. The van der Waals surface area contributed by atoms with Gasteiger partial charge in [-0.3, -0.25) is 0 Å². The van der Waals surface area contributed by atoms with Gasteiger partial charge in [0.25, 0.3) is 5.95 Å². The van der Waals surface area contributed by atoms with Crippen LogP contribution in [0.15, 0.2) is 46.5 Å². The van der Waals surface area contributed by atoms with Gasteiger partial charge in [-0.15, -0.1) is 0 Å². The van der Waals surface area contributed by atoms with Gasteiger partial charge in [0.2, 0.25) is 0 Å². The number of anilines is 3. The van der Waals surface area contributed by atoms with Crippen LogP contribution in [-0.2, 0) is 12.8 Å². The van der Waals surface area contributed by atoms with E-state index in [9.17, 15) is 4.39 Å². The quantitative estimate of drug-likeness (QED) is 0.604. The molecule has 1 spiro atoms. The Labute approximate surface area is 189 Å². The molecule has 6 nitrogen and oxygen atoms in total. The normalized spacial score (nSPS) is 17.2. The number of piperidine rings is 1. The van der Waals surface area contributed by atoms with Gasteiger partial charge in [0.1, 0.15) is 10.8 Å². The van der Waals surface area contributed by atoms with Crippen molar-refractivity contribution in [3.8, 4) is 0 Å². The zero-order valence-electron chi connectivity index (χ0n) is 16.8. The summed E-state index contributed by atoms with van der Waals surface area (Å²) in [6, 6.07) is 10.3. The number of nitrogen functional groups attached to an aromatic ring is 2. The van der Waals surface area contributed by atoms with Crippen LogP contribution in [0, 0.1) is 11.4 Å². The van der Waals surface area contributed by atoms with Gasteiger partial charge in [0, 0.05) is 24.2 Å². The lowest BCUT2D eigenvalue weighted by Crippen LogP contribution is -2.41. The number of nitrogens with two attached hydrogens (primary N) is 2. The smallest absolute Gasteiger partial charge is 0.257 e. The fraction of sp³-hybridized carbons (Fsp3) is 0.318. The van der Waals surface area contributed by atoms with Gasteiger partial charge in [0.05, 0.1) is 5.02 Å². The average molecular weight is 457 g/mol. The third-order valence-corrected chi connectivity index (χ3v) is 7.85. The minimum absolute atomic E-state index is 0.168. The summed E-state index contributed by atoms with van der Waals surface area (Å²) < 4.78 is 14.9. The zero-order valence-corrected chi connectivity index (χ0v) is 18.4. The van der Waals surface area contributed by atoms with Crippen LogP contribution < -0.4 is 16.4 Å². The van der Waals surface area contributed by atoms with Crippen LogP contribution in [0.2, 0.25) is 5.02 Å². The molecule has 4 N–H and O–H groups in total. The number of nitrogens with zero attached hydrogens (tertiary/aromatic N) is 4. The van der Waals surface area contributed by atoms with Crippen LogP contribution in [0.25, 0.3) is 0 Å². The van der Waals surface area contributed by atoms with Crippen molar-refractivity contribution in [2.75, 3.05) is 29.5 Å². The second-order valence-electron chi connectivity index (χ2n) is 8.25. The maximum absolute atomic E-state index is 14.9.